The van der Waals surface area contributed by atoms with Crippen molar-refractivity contribution in [1.82, 2.24) is 9.88 Å². The molecule has 2 heterocycles. The summed E-state index contributed by atoms with van der Waals surface area (Å²) in [4.78, 5) is 31.2. The van der Waals surface area contributed by atoms with Gasteiger partial charge in [-0.05, 0) is 11.1 Å². The summed E-state index contributed by atoms with van der Waals surface area (Å²) in [6.45, 7) is 2.59. The number of thiazole rings is 1. The molecule has 0 saturated carbocycles. The maximum Gasteiger partial charge on any atom is 0.273 e. The molecule has 0 radical (unpaired) electrons. The van der Waals surface area contributed by atoms with Crippen LogP contribution in [0.4, 0.5) is 0 Å². The molecule has 4 nitrogen and oxygen atoms in total. The van der Waals surface area contributed by atoms with Crippen molar-refractivity contribution in [2.24, 2.45) is 0 Å². The molecule has 4 rings (SSSR count). The highest BCUT2D eigenvalue weighted by Crippen LogP contribution is 2.34. The first-order valence-electron chi connectivity index (χ1n) is 9.63. The van der Waals surface area contributed by atoms with Crippen LogP contribution in [0.25, 0.3) is 10.6 Å². The second kappa shape index (κ2) is 8.93. The molecule has 0 aliphatic carbocycles. The number of hydrogen-bond donors (Lipinski definition) is 0. The van der Waals surface area contributed by atoms with Gasteiger partial charge in [-0.15, -0.1) is 11.3 Å². The van der Waals surface area contributed by atoms with E-state index in [2.05, 4.69) is 17.1 Å². The number of benzene rings is 2. The zero-order chi connectivity index (χ0) is 20.2. The third-order valence-corrected chi connectivity index (χ3v) is 7.08. The van der Waals surface area contributed by atoms with E-state index in [0.29, 0.717) is 12.2 Å². The number of carbonyl (C=O) groups excluding carboxylic acids is 2. The van der Waals surface area contributed by atoms with Crippen LogP contribution in [0.2, 0.25) is 0 Å². The fraction of sp³-hybridized carbons (Fsp3) is 0.261. The maximum atomic E-state index is 13.3. The largest absolute Gasteiger partial charge is 0.329 e. The van der Waals surface area contributed by atoms with Crippen LogP contribution in [-0.4, -0.2) is 40.1 Å². The molecule has 6 heteroatoms. The molecular weight excluding hydrogens is 400 g/mol. The fourth-order valence-corrected chi connectivity index (χ4v) is 5.53. The predicted molar refractivity (Wildman–Crippen MR) is 120 cm³/mol. The second-order valence-electron chi connectivity index (χ2n) is 7.05. The molecule has 2 unspecified atom stereocenters. The van der Waals surface area contributed by atoms with Crippen LogP contribution in [0.5, 0.6) is 0 Å². The van der Waals surface area contributed by atoms with Crippen molar-refractivity contribution in [1.29, 1.82) is 0 Å². The summed E-state index contributed by atoms with van der Waals surface area (Å²) in [5.74, 6) is 1.59. The van der Waals surface area contributed by atoms with Gasteiger partial charge in [0.2, 0.25) is 0 Å². The van der Waals surface area contributed by atoms with Gasteiger partial charge in [0.05, 0.1) is 6.04 Å². The van der Waals surface area contributed by atoms with Crippen molar-refractivity contribution in [3.8, 4) is 10.6 Å². The average Bonchev–Trinajstić information content (AvgIpc) is 3.29. The number of nitrogens with zero attached hydrogens (tertiary/aromatic N) is 2. The van der Waals surface area contributed by atoms with E-state index >= 15 is 0 Å². The van der Waals surface area contributed by atoms with E-state index in [9.17, 15) is 9.59 Å². The molecule has 1 fully saturated rings. The molecule has 29 heavy (non-hydrogen) atoms. The van der Waals surface area contributed by atoms with E-state index < -0.39 is 0 Å². The number of thioether (sulfide) groups is 1. The molecule has 1 amide bonds. The Morgan fingerprint density at radius 3 is 2.72 bits per heavy atom. The highest BCUT2D eigenvalue weighted by molar-refractivity contribution is 7.99. The van der Waals surface area contributed by atoms with Gasteiger partial charge in [0.15, 0.2) is 0 Å². The van der Waals surface area contributed by atoms with Crippen LogP contribution >= 0.6 is 23.1 Å². The molecule has 1 saturated heterocycles. The van der Waals surface area contributed by atoms with E-state index in [0.717, 1.165) is 39.5 Å². The molecule has 1 aliphatic rings. The predicted octanol–water partition coefficient (Wildman–Crippen LogP) is 5.04. The first kappa shape index (κ1) is 19.9. The molecule has 0 N–H and O–H groups in total. The highest BCUT2D eigenvalue weighted by Gasteiger charge is 2.30. The summed E-state index contributed by atoms with van der Waals surface area (Å²) in [5.41, 5.74) is 3.50. The quantitative estimate of drug-likeness (QED) is 0.540. The van der Waals surface area contributed by atoms with Crippen molar-refractivity contribution in [2.45, 2.75) is 18.9 Å². The Hall–Kier alpha value is -2.44. The Kier molecular flexibility index (Phi) is 6.11. The lowest BCUT2D eigenvalue weighted by Gasteiger charge is -2.35. The summed E-state index contributed by atoms with van der Waals surface area (Å²) in [6, 6.07) is 18.0. The van der Waals surface area contributed by atoms with Crippen molar-refractivity contribution in [2.75, 3.05) is 18.1 Å². The van der Waals surface area contributed by atoms with Crippen LogP contribution in [0.1, 0.15) is 40.5 Å². The number of hydrogen-bond acceptors (Lipinski definition) is 5. The van der Waals surface area contributed by atoms with Gasteiger partial charge >= 0.3 is 0 Å². The smallest absolute Gasteiger partial charge is 0.273 e. The van der Waals surface area contributed by atoms with Gasteiger partial charge in [0.25, 0.3) is 5.91 Å². The van der Waals surface area contributed by atoms with Crippen LogP contribution in [0.15, 0.2) is 60.0 Å². The van der Waals surface area contributed by atoms with Gasteiger partial charge in [0.1, 0.15) is 17.0 Å². The lowest BCUT2D eigenvalue weighted by Crippen LogP contribution is -2.40. The van der Waals surface area contributed by atoms with Crippen LogP contribution < -0.4 is 0 Å². The second-order valence-corrected chi connectivity index (χ2v) is 9.06. The molecule has 1 aliphatic heterocycles. The average molecular weight is 423 g/mol. The van der Waals surface area contributed by atoms with Crippen LogP contribution in [-0.2, 0) is 4.79 Å². The first-order valence-corrected chi connectivity index (χ1v) is 11.7. The summed E-state index contributed by atoms with van der Waals surface area (Å²) in [6.07, 6.45) is 0.939. The molecule has 3 aromatic rings. The third-order valence-electron chi connectivity index (χ3n) is 5.18. The van der Waals surface area contributed by atoms with Crippen LogP contribution in [0.3, 0.4) is 0 Å². The summed E-state index contributed by atoms with van der Waals surface area (Å²) in [5, 5.41) is 2.62. The molecule has 148 valence electrons. The lowest BCUT2D eigenvalue weighted by atomic mass is 9.97. The Balaban J connectivity index is 1.63. The monoisotopic (exact) mass is 422 g/mol. The molecular formula is C23H22N2O2S2. The van der Waals surface area contributed by atoms with Crippen molar-refractivity contribution < 1.29 is 9.59 Å². The number of rotatable bonds is 5. The lowest BCUT2D eigenvalue weighted by molar-refractivity contribution is -0.108. The molecule has 2 atom stereocenters. The molecule has 1 aromatic heterocycles. The Morgan fingerprint density at radius 2 is 1.93 bits per heavy atom. The fourth-order valence-electron chi connectivity index (χ4n) is 3.60. The number of carbonyl (C=O) groups is 2. The van der Waals surface area contributed by atoms with Crippen molar-refractivity contribution >= 4 is 35.3 Å². The molecule has 0 spiro atoms. The van der Waals surface area contributed by atoms with E-state index in [1.165, 1.54) is 11.3 Å². The SMILES string of the molecule is CC(C=O)c1ccccc1-c1nc(C(=O)N2CCSCC2c2ccccc2)cs1. The van der Waals surface area contributed by atoms with Crippen molar-refractivity contribution in [3.63, 3.8) is 0 Å². The summed E-state index contributed by atoms with van der Waals surface area (Å²) >= 11 is 3.33. The van der Waals surface area contributed by atoms with E-state index in [1.54, 1.807) is 0 Å². The van der Waals surface area contributed by atoms with E-state index in [1.807, 2.05) is 71.4 Å². The van der Waals surface area contributed by atoms with Crippen molar-refractivity contribution in [3.05, 3.63) is 76.8 Å². The van der Waals surface area contributed by atoms with E-state index in [4.69, 9.17) is 0 Å². The van der Waals surface area contributed by atoms with Gasteiger partial charge in [-0.2, -0.15) is 11.8 Å². The number of aromatic nitrogens is 1. The highest BCUT2D eigenvalue weighted by atomic mass is 32.2. The van der Waals surface area contributed by atoms with Gasteiger partial charge in [-0.3, -0.25) is 4.79 Å². The molecule has 2 aromatic carbocycles. The zero-order valence-electron chi connectivity index (χ0n) is 16.2. The normalized spacial score (nSPS) is 17.7. The Bertz CT molecular complexity index is 1000. The minimum absolute atomic E-state index is 0.0254. The Labute approximate surface area is 179 Å². The number of amides is 1. The minimum Gasteiger partial charge on any atom is -0.329 e. The Morgan fingerprint density at radius 1 is 1.17 bits per heavy atom. The third kappa shape index (κ3) is 4.14. The van der Waals surface area contributed by atoms with Gasteiger partial charge in [-0.25, -0.2) is 4.98 Å². The van der Waals surface area contributed by atoms with Gasteiger partial charge in [0, 0.05) is 34.9 Å². The standard InChI is InChI=1S/C23H22N2O2S2/c1-16(13-26)18-9-5-6-10-19(18)22-24-20(14-29-22)23(27)25-11-12-28-15-21(25)17-7-3-2-4-8-17/h2-10,13-14,16,21H,11-12,15H2,1H3. The molecule has 0 bridgehead atoms. The first-order chi connectivity index (χ1) is 14.2. The van der Waals surface area contributed by atoms with Gasteiger partial charge in [-0.1, -0.05) is 61.5 Å². The minimum atomic E-state index is -0.212. The van der Waals surface area contributed by atoms with Crippen LogP contribution in [0, 0.1) is 0 Å². The number of aldehydes is 1. The van der Waals surface area contributed by atoms with Gasteiger partial charge < -0.3 is 9.69 Å². The summed E-state index contributed by atoms with van der Waals surface area (Å²) in [7, 11) is 0. The summed E-state index contributed by atoms with van der Waals surface area (Å²) < 4.78 is 0. The maximum absolute atomic E-state index is 13.3. The zero-order valence-corrected chi connectivity index (χ0v) is 17.8. The van der Waals surface area contributed by atoms with E-state index in [-0.39, 0.29) is 17.9 Å². The topological polar surface area (TPSA) is 50.3 Å².